The fourth-order valence-corrected chi connectivity index (χ4v) is 4.00. The maximum atomic E-state index is 12.5. The molecule has 9 nitrogen and oxygen atoms in total. The van der Waals surface area contributed by atoms with Crippen molar-refractivity contribution >= 4 is 22.9 Å². The zero-order valence-corrected chi connectivity index (χ0v) is 15.3. The van der Waals surface area contributed by atoms with Gasteiger partial charge in [-0.25, -0.2) is 15.0 Å². The number of benzene rings is 1. The first-order valence-corrected chi connectivity index (χ1v) is 9.16. The molecule has 3 aromatic rings. The molecule has 2 fully saturated rings. The standard InChI is InChI=1S/C19H20N6O3/c1-11-14-18(28-19(11,7-20)8-27-14)25-10-23-13-15(21-9-22-16(13)25)24-17(26)12-5-3-2-4-6-12/h2-6,9-11,14,18H,7-8,20H2,1H3,(H,21,22,24,26)/t11?,14?,18-,19+/m1/s1. The summed E-state index contributed by atoms with van der Waals surface area (Å²) in [5.74, 6) is 0.257. The molecule has 0 spiro atoms. The second-order valence-corrected chi connectivity index (χ2v) is 7.21. The van der Waals surface area contributed by atoms with E-state index in [1.165, 1.54) is 6.33 Å². The fourth-order valence-electron chi connectivity index (χ4n) is 4.00. The summed E-state index contributed by atoms with van der Waals surface area (Å²) < 4.78 is 14.0. The number of rotatable bonds is 4. The maximum absolute atomic E-state index is 12.5. The molecule has 4 atom stereocenters. The van der Waals surface area contributed by atoms with Gasteiger partial charge in [-0.3, -0.25) is 9.36 Å². The quantitative estimate of drug-likeness (QED) is 0.701. The number of hydrogen-bond acceptors (Lipinski definition) is 7. The van der Waals surface area contributed by atoms with Crippen LogP contribution in [-0.2, 0) is 9.47 Å². The van der Waals surface area contributed by atoms with Gasteiger partial charge in [-0.2, -0.15) is 0 Å². The van der Waals surface area contributed by atoms with Crippen molar-refractivity contribution in [3.63, 3.8) is 0 Å². The molecular formula is C19H20N6O3. The van der Waals surface area contributed by atoms with Crippen LogP contribution in [0.3, 0.4) is 0 Å². The van der Waals surface area contributed by atoms with Crippen molar-refractivity contribution in [1.82, 2.24) is 19.5 Å². The highest BCUT2D eigenvalue weighted by Gasteiger charge is 2.59. The molecule has 1 aromatic carbocycles. The van der Waals surface area contributed by atoms with Gasteiger partial charge in [0.1, 0.15) is 18.0 Å². The monoisotopic (exact) mass is 380 g/mol. The van der Waals surface area contributed by atoms with E-state index in [-0.39, 0.29) is 24.2 Å². The van der Waals surface area contributed by atoms with Gasteiger partial charge < -0.3 is 20.5 Å². The molecule has 0 aliphatic carbocycles. The summed E-state index contributed by atoms with van der Waals surface area (Å²) >= 11 is 0. The number of amides is 1. The number of nitrogens with two attached hydrogens (primary N) is 1. The number of nitrogens with one attached hydrogen (secondary N) is 1. The summed E-state index contributed by atoms with van der Waals surface area (Å²) in [5, 5.41) is 2.81. The van der Waals surface area contributed by atoms with Crippen molar-refractivity contribution in [3.8, 4) is 0 Å². The molecule has 9 heteroatoms. The summed E-state index contributed by atoms with van der Waals surface area (Å²) in [6, 6.07) is 8.94. The zero-order chi connectivity index (χ0) is 19.3. The van der Waals surface area contributed by atoms with E-state index < -0.39 is 5.60 Å². The lowest BCUT2D eigenvalue weighted by atomic mass is 9.91. The molecule has 2 aromatic heterocycles. The SMILES string of the molecule is CC1C2OC[C@]1(CN)O[C@H]2n1cnc2c(NC(=O)c3ccccc3)ncnc21. The summed E-state index contributed by atoms with van der Waals surface area (Å²) in [6.45, 7) is 2.97. The van der Waals surface area contributed by atoms with Crippen LogP contribution in [0.1, 0.15) is 23.5 Å². The largest absolute Gasteiger partial charge is 0.370 e. The highest BCUT2D eigenvalue weighted by Crippen LogP contribution is 2.48. The predicted octanol–water partition coefficient (Wildman–Crippen LogP) is 1.34. The molecule has 0 saturated carbocycles. The minimum Gasteiger partial charge on any atom is -0.370 e. The van der Waals surface area contributed by atoms with Gasteiger partial charge in [0, 0.05) is 18.0 Å². The first-order chi connectivity index (χ1) is 13.6. The van der Waals surface area contributed by atoms with Crippen LogP contribution in [0.4, 0.5) is 5.82 Å². The fraction of sp³-hybridized carbons (Fsp3) is 0.368. The molecule has 2 unspecified atom stereocenters. The molecular weight excluding hydrogens is 360 g/mol. The third-order valence-corrected chi connectivity index (χ3v) is 5.73. The van der Waals surface area contributed by atoms with E-state index in [1.807, 2.05) is 10.6 Å². The van der Waals surface area contributed by atoms with E-state index in [0.29, 0.717) is 35.7 Å². The Hall–Kier alpha value is -2.88. The summed E-state index contributed by atoms with van der Waals surface area (Å²) in [5.41, 5.74) is 7.07. The summed E-state index contributed by atoms with van der Waals surface area (Å²) in [4.78, 5) is 25.5. The first-order valence-electron chi connectivity index (χ1n) is 9.16. The Bertz CT molecular complexity index is 1040. The first kappa shape index (κ1) is 17.2. The van der Waals surface area contributed by atoms with E-state index >= 15 is 0 Å². The summed E-state index contributed by atoms with van der Waals surface area (Å²) in [6.07, 6.45) is 2.55. The van der Waals surface area contributed by atoms with E-state index in [9.17, 15) is 4.79 Å². The number of hydrogen-bond donors (Lipinski definition) is 2. The normalized spacial score (nSPS) is 28.7. The molecule has 4 heterocycles. The Balaban J connectivity index is 1.48. The van der Waals surface area contributed by atoms with Gasteiger partial charge in [0.15, 0.2) is 23.2 Å². The van der Waals surface area contributed by atoms with Crippen molar-refractivity contribution in [3.05, 3.63) is 48.5 Å². The second-order valence-electron chi connectivity index (χ2n) is 7.21. The number of ether oxygens (including phenoxy) is 2. The van der Waals surface area contributed by atoms with E-state index in [1.54, 1.807) is 30.6 Å². The average molecular weight is 380 g/mol. The molecule has 3 N–H and O–H groups in total. The number of fused-ring (bicyclic) bond motifs is 3. The smallest absolute Gasteiger partial charge is 0.256 e. The van der Waals surface area contributed by atoms with Crippen molar-refractivity contribution in [2.24, 2.45) is 11.7 Å². The Morgan fingerprint density at radius 2 is 2.14 bits per heavy atom. The topological polar surface area (TPSA) is 117 Å². The highest BCUT2D eigenvalue weighted by atomic mass is 16.6. The minimum absolute atomic E-state index is 0.127. The lowest BCUT2D eigenvalue weighted by molar-refractivity contribution is -0.167. The Kier molecular flexibility index (Phi) is 3.90. The highest BCUT2D eigenvalue weighted by molar-refractivity contribution is 6.06. The van der Waals surface area contributed by atoms with Gasteiger partial charge in [-0.1, -0.05) is 25.1 Å². The van der Waals surface area contributed by atoms with Crippen LogP contribution < -0.4 is 11.1 Å². The third-order valence-electron chi connectivity index (χ3n) is 5.73. The van der Waals surface area contributed by atoms with Gasteiger partial charge in [0.25, 0.3) is 5.91 Å². The van der Waals surface area contributed by atoms with E-state index in [0.717, 1.165) is 0 Å². The van der Waals surface area contributed by atoms with Crippen LogP contribution in [0.2, 0.25) is 0 Å². The lowest BCUT2D eigenvalue weighted by Crippen LogP contribution is -2.44. The van der Waals surface area contributed by atoms with Gasteiger partial charge in [0.05, 0.1) is 12.9 Å². The van der Waals surface area contributed by atoms with E-state index in [2.05, 4.69) is 27.2 Å². The van der Waals surface area contributed by atoms with Crippen LogP contribution in [0, 0.1) is 5.92 Å². The number of nitrogens with zero attached hydrogens (tertiary/aromatic N) is 4. The number of imidazole rings is 1. The van der Waals surface area contributed by atoms with Crippen molar-refractivity contribution < 1.29 is 14.3 Å². The van der Waals surface area contributed by atoms with Crippen molar-refractivity contribution in [1.29, 1.82) is 0 Å². The van der Waals surface area contributed by atoms with Crippen molar-refractivity contribution in [2.75, 3.05) is 18.5 Å². The number of carbonyl (C=O) groups excluding carboxylic acids is 1. The van der Waals surface area contributed by atoms with Crippen LogP contribution in [0.15, 0.2) is 43.0 Å². The van der Waals surface area contributed by atoms with Crippen molar-refractivity contribution in [2.45, 2.75) is 24.9 Å². The molecule has 2 aliphatic heterocycles. The number of carbonyl (C=O) groups is 1. The van der Waals surface area contributed by atoms with Crippen LogP contribution in [0.25, 0.3) is 11.2 Å². The van der Waals surface area contributed by atoms with E-state index in [4.69, 9.17) is 15.2 Å². The van der Waals surface area contributed by atoms with Gasteiger partial charge in [-0.05, 0) is 12.1 Å². The van der Waals surface area contributed by atoms with Crippen LogP contribution >= 0.6 is 0 Å². The molecule has 2 aliphatic rings. The minimum atomic E-state index is -0.483. The van der Waals surface area contributed by atoms with Gasteiger partial charge in [0.2, 0.25) is 0 Å². The van der Waals surface area contributed by atoms with Crippen LogP contribution in [-0.4, -0.2) is 50.3 Å². The molecule has 5 rings (SSSR count). The van der Waals surface area contributed by atoms with Gasteiger partial charge >= 0.3 is 0 Å². The number of anilines is 1. The van der Waals surface area contributed by atoms with Gasteiger partial charge in [-0.15, -0.1) is 0 Å². The molecule has 144 valence electrons. The maximum Gasteiger partial charge on any atom is 0.256 e. The Labute approximate surface area is 160 Å². The van der Waals surface area contributed by atoms with Crippen LogP contribution in [0.5, 0.6) is 0 Å². The molecule has 2 saturated heterocycles. The molecule has 28 heavy (non-hydrogen) atoms. The molecule has 1 amide bonds. The second kappa shape index (κ2) is 6.33. The lowest BCUT2D eigenvalue weighted by Gasteiger charge is -2.30. The zero-order valence-electron chi connectivity index (χ0n) is 15.3. The average Bonchev–Trinajstić information content (AvgIpc) is 3.39. The molecule has 0 radical (unpaired) electrons. The Morgan fingerprint density at radius 3 is 2.89 bits per heavy atom. The number of aromatic nitrogens is 4. The Morgan fingerprint density at radius 1 is 1.32 bits per heavy atom. The predicted molar refractivity (Wildman–Crippen MR) is 101 cm³/mol. The molecule has 2 bridgehead atoms. The summed E-state index contributed by atoms with van der Waals surface area (Å²) in [7, 11) is 0. The third kappa shape index (κ3) is 2.44.